The van der Waals surface area contributed by atoms with E-state index in [9.17, 15) is 8.42 Å². The molecule has 0 spiro atoms. The van der Waals surface area contributed by atoms with Crippen LogP contribution in [0.3, 0.4) is 0 Å². The summed E-state index contributed by atoms with van der Waals surface area (Å²) in [6.07, 6.45) is 4.54. The highest BCUT2D eigenvalue weighted by Crippen LogP contribution is 2.43. The van der Waals surface area contributed by atoms with E-state index in [0.29, 0.717) is 16.0 Å². The van der Waals surface area contributed by atoms with Crippen molar-refractivity contribution in [3.63, 3.8) is 0 Å². The molecule has 29 heavy (non-hydrogen) atoms. The molecular weight excluding hydrogens is 427 g/mol. The molecule has 1 aliphatic carbocycles. The van der Waals surface area contributed by atoms with Crippen molar-refractivity contribution >= 4 is 38.7 Å². The number of sulfone groups is 1. The molecule has 2 aliphatic rings. The summed E-state index contributed by atoms with van der Waals surface area (Å²) in [5.74, 6) is 0.743. The first-order chi connectivity index (χ1) is 13.8. The average molecular weight is 453 g/mol. The Bertz CT molecular complexity index is 1010. The number of nitrogens with one attached hydrogen (secondary N) is 1. The van der Waals surface area contributed by atoms with Crippen LogP contribution in [0, 0.1) is 5.92 Å². The lowest BCUT2D eigenvalue weighted by Crippen LogP contribution is -2.39. The van der Waals surface area contributed by atoms with E-state index in [1.165, 1.54) is 19.1 Å². The third-order valence-corrected chi connectivity index (χ3v) is 7.98. The summed E-state index contributed by atoms with van der Waals surface area (Å²) in [7, 11) is -3.21. The minimum absolute atomic E-state index is 0.0564. The molecule has 1 N–H and O–H groups in total. The van der Waals surface area contributed by atoms with Crippen molar-refractivity contribution in [2.45, 2.75) is 43.2 Å². The van der Waals surface area contributed by atoms with Gasteiger partial charge in [-0.2, -0.15) is 0 Å². The van der Waals surface area contributed by atoms with Gasteiger partial charge >= 0.3 is 0 Å². The fourth-order valence-electron chi connectivity index (χ4n) is 4.64. The molecule has 2 aromatic carbocycles. The second-order valence-electron chi connectivity index (χ2n) is 8.20. The molecule has 1 saturated heterocycles. The number of hydrogen-bond donors (Lipinski definition) is 1. The number of anilines is 1. The number of likely N-dealkylation sites (tertiary alicyclic amines) is 1. The maximum absolute atomic E-state index is 11.8. The first kappa shape index (κ1) is 21.0. The van der Waals surface area contributed by atoms with Crippen LogP contribution in [0.15, 0.2) is 41.3 Å². The minimum Gasteiger partial charge on any atom is -0.377 e. The Balaban J connectivity index is 1.65. The zero-order chi connectivity index (χ0) is 20.8. The van der Waals surface area contributed by atoms with E-state index >= 15 is 0 Å². The first-order valence-corrected chi connectivity index (χ1v) is 12.7. The number of fused-ring (bicyclic) bond motifs is 1. The molecule has 0 saturated carbocycles. The summed E-state index contributed by atoms with van der Waals surface area (Å²) < 4.78 is 23.5. The Morgan fingerprint density at radius 1 is 1.17 bits per heavy atom. The van der Waals surface area contributed by atoms with Gasteiger partial charge in [-0.25, -0.2) is 8.42 Å². The number of rotatable bonds is 5. The molecule has 0 aromatic heterocycles. The smallest absolute Gasteiger partial charge is 0.175 e. The SMILES string of the molecule is CCC1CCN(C2Cc3c(Cl)cc(Cl)cc3C2Nc2ccc(S(C)(=O)=O)cc2)C1. The Kier molecular flexibility index (Phi) is 5.86. The summed E-state index contributed by atoms with van der Waals surface area (Å²) in [5, 5.41) is 5.00. The number of benzene rings is 2. The van der Waals surface area contributed by atoms with Gasteiger partial charge in [0.2, 0.25) is 0 Å². The zero-order valence-electron chi connectivity index (χ0n) is 16.7. The van der Waals surface area contributed by atoms with Crippen LogP contribution >= 0.6 is 23.2 Å². The van der Waals surface area contributed by atoms with Crippen molar-refractivity contribution in [2.75, 3.05) is 24.7 Å². The lowest BCUT2D eigenvalue weighted by molar-refractivity contribution is 0.221. The van der Waals surface area contributed by atoms with Crippen molar-refractivity contribution in [2.24, 2.45) is 5.92 Å². The fourth-order valence-corrected chi connectivity index (χ4v) is 5.86. The number of hydrogen-bond acceptors (Lipinski definition) is 4. The van der Waals surface area contributed by atoms with Crippen LogP contribution in [0.1, 0.15) is 36.9 Å². The van der Waals surface area contributed by atoms with E-state index in [4.69, 9.17) is 23.2 Å². The second-order valence-corrected chi connectivity index (χ2v) is 11.1. The normalized spacial score (nSPS) is 24.6. The van der Waals surface area contributed by atoms with Crippen molar-refractivity contribution in [1.82, 2.24) is 4.90 Å². The molecule has 7 heteroatoms. The van der Waals surface area contributed by atoms with E-state index in [0.717, 1.165) is 47.3 Å². The van der Waals surface area contributed by atoms with Gasteiger partial charge < -0.3 is 5.32 Å². The molecule has 0 bridgehead atoms. The second kappa shape index (κ2) is 8.10. The van der Waals surface area contributed by atoms with Crippen LogP contribution in [0.4, 0.5) is 5.69 Å². The van der Waals surface area contributed by atoms with Crippen molar-refractivity contribution < 1.29 is 8.42 Å². The van der Waals surface area contributed by atoms with Gasteiger partial charge in [-0.05, 0) is 72.8 Å². The van der Waals surface area contributed by atoms with E-state index in [1.54, 1.807) is 12.1 Å². The van der Waals surface area contributed by atoms with Gasteiger partial charge in [0.15, 0.2) is 9.84 Å². The van der Waals surface area contributed by atoms with E-state index in [-0.39, 0.29) is 6.04 Å². The maximum Gasteiger partial charge on any atom is 0.175 e. The van der Waals surface area contributed by atoms with Gasteiger partial charge in [-0.3, -0.25) is 4.90 Å². The molecule has 0 radical (unpaired) electrons. The van der Waals surface area contributed by atoms with Gasteiger partial charge in [0, 0.05) is 34.6 Å². The Morgan fingerprint density at radius 2 is 1.90 bits per heavy atom. The lowest BCUT2D eigenvalue weighted by atomic mass is 10.0. The third-order valence-electron chi connectivity index (χ3n) is 6.30. The summed E-state index contributed by atoms with van der Waals surface area (Å²) >= 11 is 12.9. The van der Waals surface area contributed by atoms with Crippen molar-refractivity contribution in [3.05, 3.63) is 57.6 Å². The highest BCUT2D eigenvalue weighted by molar-refractivity contribution is 7.90. The highest BCUT2D eigenvalue weighted by atomic mass is 35.5. The standard InChI is InChI=1S/C22H26Cl2N2O2S/c1-3-14-8-9-26(13-14)21-12-18-19(10-15(23)11-20(18)24)22(21)25-16-4-6-17(7-5-16)29(2,27)28/h4-7,10-11,14,21-22,25H,3,8-9,12-13H2,1-2H3. The molecule has 3 atom stereocenters. The maximum atomic E-state index is 11.8. The third kappa shape index (κ3) is 4.29. The molecular formula is C22H26Cl2N2O2S. The number of halogens is 2. The van der Waals surface area contributed by atoms with Crippen LogP contribution in [0.25, 0.3) is 0 Å². The molecule has 2 aromatic rings. The molecule has 3 unspecified atom stereocenters. The predicted molar refractivity (Wildman–Crippen MR) is 120 cm³/mol. The Hall–Kier alpha value is -1.27. The topological polar surface area (TPSA) is 49.4 Å². The molecule has 0 amide bonds. The summed E-state index contributed by atoms with van der Waals surface area (Å²) in [5.41, 5.74) is 3.19. The van der Waals surface area contributed by atoms with Gasteiger partial charge in [0.1, 0.15) is 0 Å². The van der Waals surface area contributed by atoms with Crippen LogP contribution in [-0.4, -0.2) is 38.7 Å². The van der Waals surface area contributed by atoms with Gasteiger partial charge in [0.25, 0.3) is 0 Å². The summed E-state index contributed by atoms with van der Waals surface area (Å²) in [4.78, 5) is 2.89. The highest BCUT2D eigenvalue weighted by Gasteiger charge is 2.40. The predicted octanol–water partition coefficient (Wildman–Crippen LogP) is 5.21. The van der Waals surface area contributed by atoms with E-state index in [1.807, 2.05) is 24.3 Å². The van der Waals surface area contributed by atoms with E-state index in [2.05, 4.69) is 17.1 Å². The van der Waals surface area contributed by atoms with Crippen molar-refractivity contribution in [3.8, 4) is 0 Å². The van der Waals surface area contributed by atoms with Crippen LogP contribution in [0.5, 0.6) is 0 Å². The first-order valence-electron chi connectivity index (χ1n) is 10.0. The molecule has 1 aliphatic heterocycles. The molecule has 156 valence electrons. The summed E-state index contributed by atoms with van der Waals surface area (Å²) in [6.45, 7) is 4.45. The molecule has 1 heterocycles. The molecule has 1 fully saturated rings. The van der Waals surface area contributed by atoms with Gasteiger partial charge in [-0.15, -0.1) is 0 Å². The Labute approximate surface area is 183 Å². The van der Waals surface area contributed by atoms with E-state index < -0.39 is 9.84 Å². The van der Waals surface area contributed by atoms with Crippen LogP contribution in [-0.2, 0) is 16.3 Å². The Morgan fingerprint density at radius 3 is 2.52 bits per heavy atom. The molecule has 4 nitrogen and oxygen atoms in total. The minimum atomic E-state index is -3.21. The lowest BCUT2D eigenvalue weighted by Gasteiger charge is -2.31. The van der Waals surface area contributed by atoms with Crippen LogP contribution in [0.2, 0.25) is 10.0 Å². The largest absolute Gasteiger partial charge is 0.377 e. The zero-order valence-corrected chi connectivity index (χ0v) is 19.0. The van der Waals surface area contributed by atoms with Gasteiger partial charge in [0.05, 0.1) is 10.9 Å². The monoisotopic (exact) mass is 452 g/mol. The quantitative estimate of drug-likeness (QED) is 0.676. The number of nitrogens with zero attached hydrogens (tertiary/aromatic N) is 1. The van der Waals surface area contributed by atoms with Gasteiger partial charge in [-0.1, -0.05) is 36.5 Å². The summed E-state index contributed by atoms with van der Waals surface area (Å²) in [6, 6.07) is 11.1. The van der Waals surface area contributed by atoms with Crippen LogP contribution < -0.4 is 5.32 Å². The van der Waals surface area contributed by atoms with Crippen molar-refractivity contribution in [1.29, 1.82) is 0 Å². The average Bonchev–Trinajstić information content (AvgIpc) is 3.27. The molecule has 4 rings (SSSR count). The fraction of sp³-hybridized carbons (Fsp3) is 0.455.